The minimum atomic E-state index is -0.997. The van der Waals surface area contributed by atoms with Crippen molar-refractivity contribution in [3.8, 4) is 0 Å². The van der Waals surface area contributed by atoms with Crippen LogP contribution in [0.25, 0.3) is 0 Å². The number of hydrogen-bond acceptors (Lipinski definition) is 8. The Morgan fingerprint density at radius 2 is 1.60 bits per heavy atom. The molecule has 1 aliphatic heterocycles. The van der Waals surface area contributed by atoms with Gasteiger partial charge in [-0.25, -0.2) is 9.59 Å². The van der Waals surface area contributed by atoms with E-state index in [1.807, 2.05) is 0 Å². The van der Waals surface area contributed by atoms with E-state index in [1.165, 1.54) is 0 Å². The fourth-order valence-electron chi connectivity index (χ4n) is 2.86. The molecule has 0 unspecified atom stereocenters. The molecule has 2 heterocycles. The lowest BCUT2D eigenvalue weighted by Gasteiger charge is -2.28. The maximum Gasteiger partial charge on any atom is 0.336 e. The van der Waals surface area contributed by atoms with E-state index in [1.54, 1.807) is 34.6 Å². The lowest BCUT2D eigenvalue weighted by Crippen LogP contribution is -2.39. The third-order valence-corrected chi connectivity index (χ3v) is 3.84. The second kappa shape index (κ2) is 7.37. The van der Waals surface area contributed by atoms with E-state index < -0.39 is 17.9 Å². The molecule has 1 aliphatic rings. The maximum atomic E-state index is 12.5. The number of aromatic nitrogens is 2. The van der Waals surface area contributed by atoms with Crippen LogP contribution >= 0.6 is 0 Å². The molecule has 136 valence electrons. The fourth-order valence-corrected chi connectivity index (χ4v) is 2.86. The molecule has 0 spiro atoms. The van der Waals surface area contributed by atoms with Gasteiger partial charge in [0.25, 0.3) is 0 Å². The van der Waals surface area contributed by atoms with Crippen LogP contribution in [0.5, 0.6) is 0 Å². The molecule has 0 atom stereocenters. The lowest BCUT2D eigenvalue weighted by atomic mass is 9.82. The number of carbonyl (C=O) groups is 2. The number of hydrogen-bond donors (Lipinski definition) is 1. The summed E-state index contributed by atoms with van der Waals surface area (Å²) in [5.74, 6) is -2.26. The molecule has 1 aromatic rings. The highest BCUT2D eigenvalue weighted by Crippen LogP contribution is 2.38. The smallest absolute Gasteiger partial charge is 0.336 e. The monoisotopic (exact) mass is 351 g/mol. The molecule has 9 nitrogen and oxygen atoms in total. The molecule has 0 aliphatic carbocycles. The van der Waals surface area contributed by atoms with Crippen molar-refractivity contribution in [1.29, 1.82) is 0 Å². The standard InChI is InChI=1S/C16H21N3O6/c1-6-23-15(20)11-8(3)17-9(4)12(16(21)24-7-2)13(11)14-10(5)18-25-19(14)22/h13,17H,6-7H2,1-5H3. The van der Waals surface area contributed by atoms with E-state index in [-0.39, 0.29) is 40.7 Å². The molecule has 0 aromatic carbocycles. The number of aryl methyl sites for hydroxylation is 1. The molecular weight excluding hydrogens is 330 g/mol. The molecule has 0 fully saturated rings. The molecule has 0 bridgehead atoms. The molecule has 1 aromatic heterocycles. The third kappa shape index (κ3) is 3.35. The predicted octanol–water partition coefficient (Wildman–Crippen LogP) is 0.977. The first-order chi connectivity index (χ1) is 11.8. The molecule has 25 heavy (non-hydrogen) atoms. The SMILES string of the molecule is CCOC(=O)C1=C(C)NC(C)=C(C(=O)OCC)C1c1c(C)no[n+]1[O-]. The van der Waals surface area contributed by atoms with Gasteiger partial charge in [-0.3, -0.25) is 4.63 Å². The Labute approximate surface area is 144 Å². The topological polar surface area (TPSA) is 118 Å². The van der Waals surface area contributed by atoms with Crippen molar-refractivity contribution in [2.24, 2.45) is 0 Å². The van der Waals surface area contributed by atoms with Gasteiger partial charge in [0.15, 0.2) is 0 Å². The van der Waals surface area contributed by atoms with E-state index >= 15 is 0 Å². The Morgan fingerprint density at radius 1 is 1.12 bits per heavy atom. The quantitative estimate of drug-likeness (QED) is 0.616. The number of esters is 2. The van der Waals surface area contributed by atoms with E-state index in [2.05, 4.69) is 15.1 Å². The Hall–Kier alpha value is -2.84. The van der Waals surface area contributed by atoms with Crippen molar-refractivity contribution in [3.63, 3.8) is 0 Å². The number of nitrogens with one attached hydrogen (secondary N) is 1. The van der Waals surface area contributed by atoms with Crippen molar-refractivity contribution in [2.45, 2.75) is 40.5 Å². The van der Waals surface area contributed by atoms with Gasteiger partial charge in [-0.1, -0.05) is 0 Å². The Bertz CT molecular complexity index is 702. The van der Waals surface area contributed by atoms with E-state index in [9.17, 15) is 14.8 Å². The molecule has 0 saturated heterocycles. The second-order valence-electron chi connectivity index (χ2n) is 5.48. The highest BCUT2D eigenvalue weighted by molar-refractivity contribution is 5.99. The van der Waals surface area contributed by atoms with Crippen LogP contribution in [-0.2, 0) is 19.1 Å². The van der Waals surface area contributed by atoms with Crippen LogP contribution in [0.4, 0.5) is 0 Å². The van der Waals surface area contributed by atoms with Crippen LogP contribution in [0, 0.1) is 12.1 Å². The zero-order valence-electron chi connectivity index (χ0n) is 14.8. The average Bonchev–Trinajstić information content (AvgIpc) is 2.85. The van der Waals surface area contributed by atoms with Crippen molar-refractivity contribution in [3.05, 3.63) is 39.1 Å². The van der Waals surface area contributed by atoms with Crippen LogP contribution in [0.3, 0.4) is 0 Å². The minimum Gasteiger partial charge on any atom is -0.463 e. The summed E-state index contributed by atoms with van der Waals surface area (Å²) in [5.41, 5.74) is 1.57. The average molecular weight is 351 g/mol. The van der Waals surface area contributed by atoms with Gasteiger partial charge in [0.1, 0.15) is 0 Å². The third-order valence-electron chi connectivity index (χ3n) is 3.84. The molecular formula is C16H21N3O6. The van der Waals surface area contributed by atoms with E-state index in [4.69, 9.17) is 9.47 Å². The number of carbonyl (C=O) groups excluding carboxylic acids is 2. The summed E-state index contributed by atoms with van der Waals surface area (Å²) in [5, 5.41) is 18.7. The number of rotatable bonds is 5. The maximum absolute atomic E-state index is 12.5. The molecule has 0 radical (unpaired) electrons. The minimum absolute atomic E-state index is 0.0475. The van der Waals surface area contributed by atoms with Gasteiger partial charge in [-0.2, -0.15) is 0 Å². The van der Waals surface area contributed by atoms with Crippen LogP contribution in [0.2, 0.25) is 0 Å². The number of dihydropyridines is 1. The molecule has 0 amide bonds. The molecule has 9 heteroatoms. The normalized spacial score (nSPS) is 15.2. The molecule has 2 rings (SSSR count). The highest BCUT2D eigenvalue weighted by atomic mass is 16.8. The van der Waals surface area contributed by atoms with Gasteiger partial charge < -0.3 is 20.0 Å². The Balaban J connectivity index is 2.69. The zero-order valence-corrected chi connectivity index (χ0v) is 14.8. The van der Waals surface area contributed by atoms with E-state index in [0.29, 0.717) is 11.4 Å². The summed E-state index contributed by atoms with van der Waals surface area (Å²) in [6, 6.07) is 0. The van der Waals surface area contributed by atoms with Crippen molar-refractivity contribution >= 4 is 11.9 Å². The number of allylic oxidation sites excluding steroid dienone is 2. The van der Waals surface area contributed by atoms with Crippen molar-refractivity contribution in [1.82, 2.24) is 10.5 Å². The van der Waals surface area contributed by atoms with Crippen molar-refractivity contribution < 1.29 is 28.6 Å². The summed E-state index contributed by atoms with van der Waals surface area (Å²) >= 11 is 0. The summed E-state index contributed by atoms with van der Waals surface area (Å²) in [6.07, 6.45) is 0. The predicted molar refractivity (Wildman–Crippen MR) is 84.7 cm³/mol. The summed E-state index contributed by atoms with van der Waals surface area (Å²) in [7, 11) is 0. The fraction of sp³-hybridized carbons (Fsp3) is 0.500. The van der Waals surface area contributed by atoms with Gasteiger partial charge >= 0.3 is 11.9 Å². The Morgan fingerprint density at radius 3 is 1.96 bits per heavy atom. The van der Waals surface area contributed by atoms with Crippen molar-refractivity contribution in [2.75, 3.05) is 13.2 Å². The molecule has 0 saturated carbocycles. The van der Waals surface area contributed by atoms with E-state index in [0.717, 1.165) is 0 Å². The summed E-state index contributed by atoms with van der Waals surface area (Å²) < 4.78 is 14.9. The van der Waals surface area contributed by atoms with Gasteiger partial charge in [-0.15, -0.1) is 0 Å². The zero-order chi connectivity index (χ0) is 18.7. The van der Waals surface area contributed by atoms with Crippen LogP contribution in [0.1, 0.15) is 45.0 Å². The lowest BCUT2D eigenvalue weighted by molar-refractivity contribution is -0.808. The van der Waals surface area contributed by atoms with Crippen LogP contribution in [0.15, 0.2) is 27.2 Å². The number of ether oxygens (including phenoxy) is 2. The largest absolute Gasteiger partial charge is 0.463 e. The van der Waals surface area contributed by atoms with Gasteiger partial charge in [0.05, 0.1) is 30.3 Å². The first kappa shape index (κ1) is 18.5. The highest BCUT2D eigenvalue weighted by Gasteiger charge is 2.43. The summed E-state index contributed by atoms with van der Waals surface area (Å²) in [4.78, 5) is 25.2. The van der Waals surface area contributed by atoms with Gasteiger partial charge in [-0.05, 0) is 32.6 Å². The van der Waals surface area contributed by atoms with Crippen LogP contribution < -0.4 is 10.2 Å². The second-order valence-corrected chi connectivity index (χ2v) is 5.48. The van der Waals surface area contributed by atoms with Gasteiger partial charge in [0, 0.05) is 23.5 Å². The van der Waals surface area contributed by atoms with Gasteiger partial charge in [0.2, 0.25) is 11.4 Å². The summed E-state index contributed by atoms with van der Waals surface area (Å²) in [6.45, 7) is 8.55. The molecule has 1 N–H and O–H groups in total. The Kier molecular flexibility index (Phi) is 5.45. The first-order valence-corrected chi connectivity index (χ1v) is 7.92. The number of nitrogens with zero attached hydrogens (tertiary/aromatic N) is 2. The van der Waals surface area contributed by atoms with Crippen LogP contribution in [-0.4, -0.2) is 30.3 Å². The first-order valence-electron chi connectivity index (χ1n) is 7.92.